The predicted molar refractivity (Wildman–Crippen MR) is 55.4 cm³/mol. The summed E-state index contributed by atoms with van der Waals surface area (Å²) in [4.78, 5) is 0. The standard InChI is InChI=1S/2C6H12.Pt/c2*1-2-4-6-5-3-1;/h2*1-6H2;/q;;+2. The third-order valence-corrected chi connectivity index (χ3v) is 3.00. The molecule has 0 aromatic rings. The summed E-state index contributed by atoms with van der Waals surface area (Å²) in [6.45, 7) is 0. The van der Waals surface area contributed by atoms with Crippen LogP contribution in [0, 0.1) is 0 Å². The van der Waals surface area contributed by atoms with Crippen LogP contribution in [0.1, 0.15) is 77.0 Å². The zero-order chi connectivity index (χ0) is 8.49. The van der Waals surface area contributed by atoms with Crippen molar-refractivity contribution in [3.05, 3.63) is 0 Å². The molecule has 0 nitrogen and oxygen atoms in total. The average molecular weight is 363 g/mol. The molecule has 0 aromatic carbocycles. The first-order valence-corrected chi connectivity index (χ1v) is 6.00. The molecule has 80 valence electrons. The first-order chi connectivity index (χ1) is 6.00. The molecule has 0 atom stereocenters. The number of rotatable bonds is 0. The van der Waals surface area contributed by atoms with Crippen molar-refractivity contribution < 1.29 is 21.1 Å². The summed E-state index contributed by atoms with van der Waals surface area (Å²) in [5, 5.41) is 0. The minimum absolute atomic E-state index is 0. The van der Waals surface area contributed by atoms with E-state index in [1.165, 1.54) is 77.0 Å². The van der Waals surface area contributed by atoms with Crippen molar-refractivity contribution >= 4 is 0 Å². The molecule has 13 heavy (non-hydrogen) atoms. The van der Waals surface area contributed by atoms with E-state index >= 15 is 0 Å². The van der Waals surface area contributed by atoms with Crippen LogP contribution in [-0.4, -0.2) is 0 Å². The van der Waals surface area contributed by atoms with E-state index in [0.717, 1.165) is 0 Å². The van der Waals surface area contributed by atoms with Gasteiger partial charge < -0.3 is 0 Å². The molecule has 2 fully saturated rings. The van der Waals surface area contributed by atoms with E-state index in [4.69, 9.17) is 0 Å². The van der Waals surface area contributed by atoms with Crippen LogP contribution in [0.4, 0.5) is 0 Å². The van der Waals surface area contributed by atoms with Crippen LogP contribution in [0.5, 0.6) is 0 Å². The molecule has 0 unspecified atom stereocenters. The van der Waals surface area contributed by atoms with Crippen LogP contribution >= 0.6 is 0 Å². The molecule has 0 bridgehead atoms. The Bertz CT molecular complexity index is 48.1. The molecular formula is C12H24Pt+2. The van der Waals surface area contributed by atoms with Crippen LogP contribution in [0.2, 0.25) is 0 Å². The van der Waals surface area contributed by atoms with Crippen molar-refractivity contribution in [2.75, 3.05) is 0 Å². The van der Waals surface area contributed by atoms with Gasteiger partial charge in [0.15, 0.2) is 0 Å². The molecule has 0 spiro atoms. The minimum atomic E-state index is 0. The Morgan fingerprint density at radius 1 is 0.231 bits per heavy atom. The summed E-state index contributed by atoms with van der Waals surface area (Å²) < 4.78 is 0. The maximum Gasteiger partial charge on any atom is 2.00 e. The monoisotopic (exact) mass is 363 g/mol. The zero-order valence-corrected chi connectivity index (χ0v) is 11.1. The van der Waals surface area contributed by atoms with Crippen LogP contribution in [-0.2, 0) is 21.1 Å². The van der Waals surface area contributed by atoms with Crippen molar-refractivity contribution in [3.8, 4) is 0 Å². The van der Waals surface area contributed by atoms with Gasteiger partial charge in [0.25, 0.3) is 0 Å². The van der Waals surface area contributed by atoms with Gasteiger partial charge in [-0.15, -0.1) is 0 Å². The Morgan fingerprint density at radius 3 is 0.385 bits per heavy atom. The number of hydrogen-bond acceptors (Lipinski definition) is 0. The molecule has 1 heteroatoms. The van der Waals surface area contributed by atoms with Gasteiger partial charge >= 0.3 is 21.1 Å². The van der Waals surface area contributed by atoms with Gasteiger partial charge in [0.05, 0.1) is 0 Å². The van der Waals surface area contributed by atoms with Crippen molar-refractivity contribution in [1.82, 2.24) is 0 Å². The van der Waals surface area contributed by atoms with Gasteiger partial charge in [-0.2, -0.15) is 0 Å². The Balaban J connectivity index is 0.000000206. The molecule has 2 saturated carbocycles. The Hall–Kier alpha value is 0.688. The van der Waals surface area contributed by atoms with Gasteiger partial charge in [-0.1, -0.05) is 77.0 Å². The molecule has 0 saturated heterocycles. The summed E-state index contributed by atoms with van der Waals surface area (Å²) >= 11 is 0. The van der Waals surface area contributed by atoms with E-state index in [0.29, 0.717) is 0 Å². The second-order valence-corrected chi connectivity index (χ2v) is 4.24. The molecule has 0 aromatic heterocycles. The topological polar surface area (TPSA) is 0 Å². The smallest absolute Gasteiger partial charge is 0.0533 e. The number of hydrogen-bond donors (Lipinski definition) is 0. The van der Waals surface area contributed by atoms with Gasteiger partial charge in [-0.3, -0.25) is 0 Å². The first kappa shape index (κ1) is 13.7. The van der Waals surface area contributed by atoms with Gasteiger partial charge in [0.1, 0.15) is 0 Å². The SMILES string of the molecule is C1CCCCC1.C1CCCCC1.[Pt+2]. The maximum atomic E-state index is 1.50. The Labute approximate surface area is 98.1 Å². The second-order valence-electron chi connectivity index (χ2n) is 4.24. The summed E-state index contributed by atoms with van der Waals surface area (Å²) in [5.74, 6) is 0. The molecular weight excluding hydrogens is 339 g/mol. The molecule has 0 N–H and O–H groups in total. The molecule has 0 amide bonds. The van der Waals surface area contributed by atoms with Gasteiger partial charge in [-0.05, 0) is 0 Å². The van der Waals surface area contributed by atoms with Gasteiger partial charge in [-0.25, -0.2) is 0 Å². The fourth-order valence-electron chi connectivity index (χ4n) is 2.12. The normalized spacial score (nSPS) is 22.2. The van der Waals surface area contributed by atoms with E-state index in [-0.39, 0.29) is 21.1 Å². The van der Waals surface area contributed by atoms with Gasteiger partial charge in [0, 0.05) is 0 Å². The van der Waals surface area contributed by atoms with E-state index < -0.39 is 0 Å². The van der Waals surface area contributed by atoms with Crippen molar-refractivity contribution in [1.29, 1.82) is 0 Å². The fraction of sp³-hybridized carbons (Fsp3) is 1.00. The van der Waals surface area contributed by atoms with E-state index in [1.54, 1.807) is 0 Å². The van der Waals surface area contributed by atoms with Gasteiger partial charge in [0.2, 0.25) is 0 Å². The molecule has 0 aliphatic heterocycles. The summed E-state index contributed by atoms with van der Waals surface area (Å²) in [5.41, 5.74) is 0. The first-order valence-electron chi connectivity index (χ1n) is 6.00. The van der Waals surface area contributed by atoms with E-state index in [2.05, 4.69) is 0 Å². The summed E-state index contributed by atoms with van der Waals surface area (Å²) in [7, 11) is 0. The van der Waals surface area contributed by atoms with Crippen molar-refractivity contribution in [3.63, 3.8) is 0 Å². The third-order valence-electron chi connectivity index (χ3n) is 3.00. The minimum Gasteiger partial charge on any atom is -0.0533 e. The van der Waals surface area contributed by atoms with Crippen LogP contribution in [0.15, 0.2) is 0 Å². The van der Waals surface area contributed by atoms with Crippen molar-refractivity contribution in [2.24, 2.45) is 0 Å². The van der Waals surface area contributed by atoms with E-state index in [1.807, 2.05) is 0 Å². The average Bonchev–Trinajstić information content (AvgIpc) is 2.24. The third kappa shape index (κ3) is 9.00. The van der Waals surface area contributed by atoms with Crippen molar-refractivity contribution in [2.45, 2.75) is 77.0 Å². The Kier molecular flexibility index (Phi) is 11.3. The van der Waals surface area contributed by atoms with Crippen LogP contribution < -0.4 is 0 Å². The zero-order valence-electron chi connectivity index (χ0n) is 8.80. The van der Waals surface area contributed by atoms with E-state index in [9.17, 15) is 0 Å². The predicted octanol–water partition coefficient (Wildman–Crippen LogP) is 4.68. The largest absolute Gasteiger partial charge is 2.00 e. The maximum absolute atomic E-state index is 1.50. The molecule has 2 aliphatic carbocycles. The second kappa shape index (κ2) is 10.8. The quantitative estimate of drug-likeness (QED) is 0.586. The Morgan fingerprint density at radius 2 is 0.308 bits per heavy atom. The molecule has 0 heterocycles. The van der Waals surface area contributed by atoms with Crippen LogP contribution in [0.3, 0.4) is 0 Å². The summed E-state index contributed by atoms with van der Waals surface area (Å²) in [6, 6.07) is 0. The molecule has 2 aliphatic rings. The molecule has 0 radical (unpaired) electrons. The van der Waals surface area contributed by atoms with Crippen LogP contribution in [0.25, 0.3) is 0 Å². The fourth-order valence-corrected chi connectivity index (χ4v) is 2.12. The summed E-state index contributed by atoms with van der Waals surface area (Å²) in [6.07, 6.45) is 18.0. The molecule has 2 rings (SSSR count).